The molecular weight excluding hydrogens is 434 g/mol. The molecule has 2 N–H and O–H groups in total. The second kappa shape index (κ2) is 7.87. The van der Waals surface area contributed by atoms with Crippen LogP contribution >= 0.6 is 15.9 Å². The molecule has 1 atom stereocenters. The van der Waals surface area contributed by atoms with Gasteiger partial charge in [0.2, 0.25) is 0 Å². The van der Waals surface area contributed by atoms with E-state index in [2.05, 4.69) is 32.1 Å². The first kappa shape index (κ1) is 19.0. The van der Waals surface area contributed by atoms with Gasteiger partial charge >= 0.3 is 10.3 Å². The summed E-state index contributed by atoms with van der Waals surface area (Å²) in [6.07, 6.45) is 3.63. The maximum Gasteiger partial charge on any atom is 0.380 e. The van der Waals surface area contributed by atoms with E-state index in [1.165, 1.54) is 12.4 Å². The van der Waals surface area contributed by atoms with Crippen molar-refractivity contribution in [3.05, 3.63) is 76.3 Å². The van der Waals surface area contributed by atoms with E-state index in [4.69, 9.17) is 14.6 Å². The van der Waals surface area contributed by atoms with Crippen LogP contribution in [0.25, 0.3) is 0 Å². The maximum absolute atomic E-state index is 11.1. The monoisotopic (exact) mass is 447 g/mol. The second-order valence-corrected chi connectivity index (χ2v) is 7.68. The summed E-state index contributed by atoms with van der Waals surface area (Å²) in [6.45, 7) is 0. The summed E-state index contributed by atoms with van der Waals surface area (Å²) >= 11 is 3.30. The number of nitriles is 1. The van der Waals surface area contributed by atoms with Crippen molar-refractivity contribution in [1.29, 1.82) is 5.26 Å². The van der Waals surface area contributed by atoms with E-state index in [-0.39, 0.29) is 11.8 Å². The molecule has 0 radical (unpaired) electrons. The van der Waals surface area contributed by atoms with Crippen LogP contribution in [-0.2, 0) is 16.7 Å². The predicted molar refractivity (Wildman–Crippen MR) is 101 cm³/mol. The van der Waals surface area contributed by atoms with Gasteiger partial charge in [0, 0.05) is 0 Å². The molecule has 0 fully saturated rings. The third-order valence-corrected chi connectivity index (χ3v) is 4.84. The number of hydrogen-bond donors (Lipinski definition) is 1. The summed E-state index contributed by atoms with van der Waals surface area (Å²) in [6, 6.07) is 14.2. The lowest BCUT2D eigenvalue weighted by molar-refractivity contribution is 0.485. The Morgan fingerprint density at radius 1 is 1.26 bits per heavy atom. The summed E-state index contributed by atoms with van der Waals surface area (Å²) in [5, 5.41) is 18.1. The fraction of sp³-hybridized carbons (Fsp3) is 0.118. The largest absolute Gasteiger partial charge is 0.380 e. The molecule has 0 amide bonds. The van der Waals surface area contributed by atoms with Gasteiger partial charge in [0.15, 0.2) is 5.75 Å². The Labute approximate surface area is 164 Å². The average molecular weight is 448 g/mol. The molecule has 8 nitrogen and oxygen atoms in total. The zero-order valence-corrected chi connectivity index (χ0v) is 16.3. The Morgan fingerprint density at radius 2 is 2.00 bits per heavy atom. The zero-order valence-electron chi connectivity index (χ0n) is 13.9. The van der Waals surface area contributed by atoms with Crippen molar-refractivity contribution in [2.45, 2.75) is 12.5 Å². The molecule has 3 aromatic rings. The molecule has 2 aromatic carbocycles. The molecule has 10 heteroatoms. The Bertz CT molecular complexity index is 1080. The number of benzene rings is 2. The van der Waals surface area contributed by atoms with Gasteiger partial charge in [-0.3, -0.25) is 0 Å². The minimum Gasteiger partial charge on any atom is -0.370 e. The molecular formula is C17H14BrN5O3S. The van der Waals surface area contributed by atoms with E-state index in [0.29, 0.717) is 16.5 Å². The van der Waals surface area contributed by atoms with Gasteiger partial charge in [-0.15, -0.1) is 0 Å². The lowest BCUT2D eigenvalue weighted by Gasteiger charge is -2.18. The predicted octanol–water partition coefficient (Wildman–Crippen LogP) is 2.33. The highest BCUT2D eigenvalue weighted by molar-refractivity contribution is 9.10. The number of nitrogens with two attached hydrogens (primary N) is 1. The molecule has 3 rings (SSSR count). The van der Waals surface area contributed by atoms with Crippen molar-refractivity contribution in [2.75, 3.05) is 0 Å². The van der Waals surface area contributed by atoms with Gasteiger partial charge in [-0.1, -0.05) is 18.2 Å². The van der Waals surface area contributed by atoms with Crippen molar-refractivity contribution in [2.24, 2.45) is 5.14 Å². The lowest BCUT2D eigenvalue weighted by atomic mass is 9.98. The molecule has 0 bridgehead atoms. The summed E-state index contributed by atoms with van der Waals surface area (Å²) in [5.41, 5.74) is 2.44. The van der Waals surface area contributed by atoms with Crippen LogP contribution in [0, 0.1) is 11.3 Å². The average Bonchev–Trinajstić information content (AvgIpc) is 3.15. The standard InChI is InChI=1S/C17H14BrN5O3S/c18-15-7-13(3-6-17(15)26-27(20,24)25)8-16(23-11-21-10-22-23)14-4-1-12(9-19)2-5-14/h1-7,10-11,16H,8H2,(H2,20,24,25). The molecule has 0 spiro atoms. The van der Waals surface area contributed by atoms with Crippen molar-refractivity contribution in [3.63, 3.8) is 0 Å². The zero-order chi connectivity index (χ0) is 19.4. The van der Waals surface area contributed by atoms with E-state index in [9.17, 15) is 8.42 Å². The molecule has 27 heavy (non-hydrogen) atoms. The van der Waals surface area contributed by atoms with E-state index >= 15 is 0 Å². The first-order valence-electron chi connectivity index (χ1n) is 7.70. The molecule has 1 aromatic heterocycles. The third-order valence-electron chi connectivity index (χ3n) is 3.81. The highest BCUT2D eigenvalue weighted by atomic mass is 79.9. The van der Waals surface area contributed by atoms with Gasteiger partial charge in [-0.2, -0.15) is 23.9 Å². The van der Waals surface area contributed by atoms with Crippen molar-refractivity contribution in [1.82, 2.24) is 14.8 Å². The summed E-state index contributed by atoms with van der Waals surface area (Å²) in [5.74, 6) is 0.108. The Morgan fingerprint density at radius 3 is 2.56 bits per heavy atom. The van der Waals surface area contributed by atoms with Crippen LogP contribution in [0.2, 0.25) is 0 Å². The molecule has 0 aliphatic heterocycles. The van der Waals surface area contributed by atoms with Gasteiger partial charge < -0.3 is 4.18 Å². The fourth-order valence-corrected chi connectivity index (χ4v) is 3.62. The number of hydrogen-bond acceptors (Lipinski definition) is 6. The topological polar surface area (TPSA) is 124 Å². The van der Waals surface area contributed by atoms with E-state index in [0.717, 1.165) is 11.1 Å². The van der Waals surface area contributed by atoms with Crippen molar-refractivity contribution in [3.8, 4) is 11.8 Å². The van der Waals surface area contributed by atoms with Gasteiger partial charge in [-0.05, 0) is 57.7 Å². The minimum atomic E-state index is -4.10. The van der Waals surface area contributed by atoms with E-state index in [1.807, 2.05) is 12.1 Å². The molecule has 138 valence electrons. The van der Waals surface area contributed by atoms with Gasteiger partial charge in [-0.25, -0.2) is 9.67 Å². The first-order valence-corrected chi connectivity index (χ1v) is 9.97. The molecule has 1 unspecified atom stereocenters. The van der Waals surface area contributed by atoms with Crippen LogP contribution in [0.3, 0.4) is 0 Å². The second-order valence-electron chi connectivity index (χ2n) is 5.67. The minimum absolute atomic E-state index is 0.108. The molecule has 0 saturated carbocycles. The summed E-state index contributed by atoms with van der Waals surface area (Å²) in [4.78, 5) is 4.01. The van der Waals surface area contributed by atoms with E-state index in [1.54, 1.807) is 35.3 Å². The number of rotatable bonds is 6. The van der Waals surface area contributed by atoms with Crippen LogP contribution in [0.5, 0.6) is 5.75 Å². The van der Waals surface area contributed by atoms with Crippen molar-refractivity contribution < 1.29 is 12.6 Å². The van der Waals surface area contributed by atoms with Gasteiger partial charge in [0.25, 0.3) is 0 Å². The highest BCUT2D eigenvalue weighted by Crippen LogP contribution is 2.30. The van der Waals surface area contributed by atoms with Crippen molar-refractivity contribution >= 4 is 26.2 Å². The fourth-order valence-electron chi connectivity index (χ4n) is 2.61. The van der Waals surface area contributed by atoms with Crippen LogP contribution in [0.4, 0.5) is 0 Å². The van der Waals surface area contributed by atoms with Crippen LogP contribution < -0.4 is 9.32 Å². The molecule has 0 aliphatic rings. The SMILES string of the molecule is N#Cc1ccc(C(Cc2ccc(OS(N)(=O)=O)c(Br)c2)n2cncn2)cc1. The third kappa shape index (κ3) is 4.91. The molecule has 0 saturated heterocycles. The Kier molecular flexibility index (Phi) is 5.55. The normalized spacial score (nSPS) is 12.3. The first-order chi connectivity index (χ1) is 12.9. The molecule has 0 aliphatic carbocycles. The molecule has 1 heterocycles. The summed E-state index contributed by atoms with van der Waals surface area (Å²) < 4.78 is 29.1. The Hall–Kier alpha value is -2.74. The number of halogens is 1. The van der Waals surface area contributed by atoms with Crippen LogP contribution in [0.15, 0.2) is 59.6 Å². The van der Waals surface area contributed by atoms with Crippen LogP contribution in [0.1, 0.15) is 22.7 Å². The summed E-state index contributed by atoms with van der Waals surface area (Å²) in [7, 11) is -4.10. The maximum atomic E-state index is 11.1. The Balaban J connectivity index is 1.91. The lowest BCUT2D eigenvalue weighted by Crippen LogP contribution is -2.19. The van der Waals surface area contributed by atoms with Gasteiger partial charge in [0.1, 0.15) is 12.7 Å². The highest BCUT2D eigenvalue weighted by Gasteiger charge is 2.17. The number of nitrogens with zero attached hydrogens (tertiary/aromatic N) is 4. The van der Waals surface area contributed by atoms with Crippen LogP contribution in [-0.4, -0.2) is 23.2 Å². The van der Waals surface area contributed by atoms with Gasteiger partial charge in [0.05, 0.1) is 22.1 Å². The van der Waals surface area contributed by atoms with E-state index < -0.39 is 10.3 Å². The number of aromatic nitrogens is 3. The smallest absolute Gasteiger partial charge is 0.370 e. The quantitative estimate of drug-likeness (QED) is 0.617.